The van der Waals surface area contributed by atoms with E-state index in [4.69, 9.17) is 27.9 Å². The summed E-state index contributed by atoms with van der Waals surface area (Å²) in [6, 6.07) is 24.4. The van der Waals surface area contributed by atoms with Crippen LogP contribution in [0.2, 0.25) is 10.0 Å². The van der Waals surface area contributed by atoms with Crippen molar-refractivity contribution < 1.29 is 9.53 Å². The van der Waals surface area contributed by atoms with Crippen LogP contribution in [0.1, 0.15) is 36.7 Å². The van der Waals surface area contributed by atoms with Crippen LogP contribution in [-0.4, -0.2) is 21.7 Å². The number of carbonyl (C=O) groups excluding carboxylic acids is 1. The Hall–Kier alpha value is -3.91. The molecule has 3 aromatic carbocycles. The molecule has 5 aromatic rings. The van der Waals surface area contributed by atoms with E-state index in [2.05, 4.69) is 15.6 Å². The van der Waals surface area contributed by atoms with E-state index >= 15 is 0 Å². The quantitative estimate of drug-likeness (QED) is 0.221. The first-order chi connectivity index (χ1) is 19.9. The molecule has 0 radical (unpaired) electrons. The third-order valence-electron chi connectivity index (χ3n) is 7.10. The van der Waals surface area contributed by atoms with Crippen LogP contribution in [0.3, 0.4) is 0 Å². The van der Waals surface area contributed by atoms with Crippen molar-refractivity contribution in [2.24, 2.45) is 4.99 Å². The summed E-state index contributed by atoms with van der Waals surface area (Å²) in [6.45, 7) is 4.26. The van der Waals surface area contributed by atoms with E-state index in [1.165, 1.54) is 11.3 Å². The standard InChI is InChI=1S/C32H25Cl2N3O3S/c1-3-40-31(39)28-19(2)35-32-37(29(28)20-9-5-4-6-10-20)30(38)27(41-32)17-24-15-21-11-7-8-12-26(21)36(24)18-22-13-14-23(33)16-25(22)34/h4-17,29H,3,18H2,1-2H3. The first-order valence-electron chi connectivity index (χ1n) is 13.1. The van der Waals surface area contributed by atoms with Gasteiger partial charge in [-0.1, -0.05) is 89.1 Å². The lowest BCUT2D eigenvalue weighted by molar-refractivity contribution is -0.139. The number of ether oxygens (including phenoxy) is 1. The van der Waals surface area contributed by atoms with Gasteiger partial charge in [0.2, 0.25) is 0 Å². The van der Waals surface area contributed by atoms with Gasteiger partial charge in [-0.25, -0.2) is 9.79 Å². The summed E-state index contributed by atoms with van der Waals surface area (Å²) in [5, 5.41) is 2.19. The molecule has 0 N–H and O–H groups in total. The number of thiazole rings is 1. The molecule has 6 rings (SSSR count). The molecule has 2 aromatic heterocycles. The lowest BCUT2D eigenvalue weighted by atomic mass is 9.96. The van der Waals surface area contributed by atoms with Crippen LogP contribution in [0.25, 0.3) is 17.0 Å². The highest BCUT2D eigenvalue weighted by atomic mass is 35.5. The van der Waals surface area contributed by atoms with Gasteiger partial charge >= 0.3 is 5.97 Å². The number of aromatic nitrogens is 2. The number of hydrogen-bond donors (Lipinski definition) is 0. The van der Waals surface area contributed by atoms with Crippen molar-refractivity contribution in [1.82, 2.24) is 9.13 Å². The zero-order valence-corrected chi connectivity index (χ0v) is 24.6. The van der Waals surface area contributed by atoms with E-state index in [1.54, 1.807) is 24.5 Å². The van der Waals surface area contributed by atoms with Crippen LogP contribution in [0.4, 0.5) is 0 Å². The van der Waals surface area contributed by atoms with Crippen molar-refractivity contribution in [1.29, 1.82) is 0 Å². The molecule has 1 aliphatic heterocycles. The number of benzene rings is 3. The molecule has 41 heavy (non-hydrogen) atoms. The number of fused-ring (bicyclic) bond motifs is 2. The fourth-order valence-corrected chi connectivity index (χ4v) is 6.72. The molecule has 1 aliphatic rings. The molecule has 6 nitrogen and oxygen atoms in total. The van der Waals surface area contributed by atoms with Gasteiger partial charge in [0.15, 0.2) is 4.80 Å². The molecule has 0 saturated carbocycles. The predicted octanol–water partition coefficient (Wildman–Crippen LogP) is 6.11. The minimum absolute atomic E-state index is 0.224. The van der Waals surface area contributed by atoms with Crippen LogP contribution in [-0.2, 0) is 16.1 Å². The first-order valence-corrected chi connectivity index (χ1v) is 14.7. The Balaban J connectivity index is 1.54. The number of carbonyl (C=O) groups is 1. The average molecular weight is 603 g/mol. The summed E-state index contributed by atoms with van der Waals surface area (Å²) in [5.41, 5.74) is 4.26. The third kappa shape index (κ3) is 5.05. The molecule has 0 spiro atoms. The van der Waals surface area contributed by atoms with Crippen LogP contribution >= 0.6 is 34.5 Å². The number of rotatable bonds is 6. The van der Waals surface area contributed by atoms with Crippen LogP contribution < -0.4 is 14.9 Å². The number of halogens is 2. The molecule has 0 saturated heterocycles. The van der Waals surface area contributed by atoms with E-state index < -0.39 is 12.0 Å². The summed E-state index contributed by atoms with van der Waals surface area (Å²) in [7, 11) is 0. The van der Waals surface area contributed by atoms with Gasteiger partial charge < -0.3 is 9.30 Å². The maximum atomic E-state index is 14.1. The number of hydrogen-bond acceptors (Lipinski definition) is 5. The molecule has 1 atom stereocenters. The third-order valence-corrected chi connectivity index (χ3v) is 8.67. The lowest BCUT2D eigenvalue weighted by Gasteiger charge is -2.24. The van der Waals surface area contributed by atoms with Crippen LogP contribution in [0.5, 0.6) is 0 Å². The zero-order chi connectivity index (χ0) is 28.7. The summed E-state index contributed by atoms with van der Waals surface area (Å²) >= 11 is 14.0. The van der Waals surface area contributed by atoms with Crippen molar-refractivity contribution in [2.75, 3.05) is 6.61 Å². The highest BCUT2D eigenvalue weighted by Gasteiger charge is 2.33. The molecule has 1 unspecified atom stereocenters. The molecule has 3 heterocycles. The number of esters is 1. The Morgan fingerprint density at radius 1 is 1.05 bits per heavy atom. The minimum Gasteiger partial charge on any atom is -0.463 e. The number of para-hydroxylation sites is 1. The molecule has 0 fully saturated rings. The zero-order valence-electron chi connectivity index (χ0n) is 22.3. The minimum atomic E-state index is -0.646. The van der Waals surface area contributed by atoms with Gasteiger partial charge in [-0.15, -0.1) is 0 Å². The van der Waals surface area contributed by atoms with E-state index in [0.717, 1.165) is 27.7 Å². The lowest BCUT2D eigenvalue weighted by Crippen LogP contribution is -2.40. The van der Waals surface area contributed by atoms with Crippen LogP contribution in [0, 0.1) is 0 Å². The van der Waals surface area contributed by atoms with E-state index in [1.807, 2.05) is 72.8 Å². The van der Waals surface area contributed by atoms with Crippen LogP contribution in [0.15, 0.2) is 99.9 Å². The summed E-state index contributed by atoms with van der Waals surface area (Å²) in [5.74, 6) is -0.475. The summed E-state index contributed by atoms with van der Waals surface area (Å²) < 4.78 is 9.63. The average Bonchev–Trinajstić information content (AvgIpc) is 3.46. The van der Waals surface area contributed by atoms with Crippen molar-refractivity contribution in [3.8, 4) is 0 Å². The van der Waals surface area contributed by atoms with Gasteiger partial charge in [0, 0.05) is 33.2 Å². The van der Waals surface area contributed by atoms with E-state index in [0.29, 0.717) is 37.2 Å². The number of nitrogens with zero attached hydrogens (tertiary/aromatic N) is 3. The Labute approximate surface area is 250 Å². The topological polar surface area (TPSA) is 65.6 Å². The van der Waals surface area contributed by atoms with E-state index in [-0.39, 0.29) is 12.2 Å². The highest BCUT2D eigenvalue weighted by Crippen LogP contribution is 2.31. The Morgan fingerprint density at radius 2 is 1.80 bits per heavy atom. The maximum absolute atomic E-state index is 14.1. The van der Waals surface area contributed by atoms with Crippen molar-refractivity contribution >= 4 is 57.5 Å². The predicted molar refractivity (Wildman–Crippen MR) is 164 cm³/mol. The molecule has 9 heteroatoms. The number of allylic oxidation sites excluding steroid dienone is 1. The Bertz CT molecular complexity index is 2020. The normalized spacial score (nSPS) is 15.2. The smallest absolute Gasteiger partial charge is 0.338 e. The Kier molecular flexibility index (Phi) is 7.43. The van der Waals surface area contributed by atoms with Crippen molar-refractivity contribution in [3.63, 3.8) is 0 Å². The largest absolute Gasteiger partial charge is 0.463 e. The van der Waals surface area contributed by atoms with Gasteiger partial charge in [-0.3, -0.25) is 9.36 Å². The molecule has 206 valence electrons. The second-order valence-corrected chi connectivity index (χ2v) is 11.5. The second-order valence-electron chi connectivity index (χ2n) is 9.66. The maximum Gasteiger partial charge on any atom is 0.338 e. The fourth-order valence-electron chi connectivity index (χ4n) is 5.22. The van der Waals surface area contributed by atoms with Gasteiger partial charge in [0.1, 0.15) is 0 Å². The molecular formula is C32H25Cl2N3O3S. The van der Waals surface area contributed by atoms with Gasteiger partial charge in [0.05, 0.1) is 28.5 Å². The Morgan fingerprint density at radius 3 is 2.56 bits per heavy atom. The van der Waals surface area contributed by atoms with Gasteiger partial charge in [-0.2, -0.15) is 0 Å². The SMILES string of the molecule is CCOC(=O)C1=C(C)N=c2sc(=Cc3cc4ccccc4n3Cc3ccc(Cl)cc3Cl)c(=O)n2C1c1ccccc1. The van der Waals surface area contributed by atoms with Crippen molar-refractivity contribution in [3.05, 3.63) is 137 Å². The molecule has 0 aliphatic carbocycles. The first kappa shape index (κ1) is 27.3. The molecular weight excluding hydrogens is 577 g/mol. The summed E-state index contributed by atoms with van der Waals surface area (Å²) in [6.07, 6.45) is 1.89. The van der Waals surface area contributed by atoms with Crippen molar-refractivity contribution in [2.45, 2.75) is 26.4 Å². The van der Waals surface area contributed by atoms with E-state index in [9.17, 15) is 9.59 Å². The van der Waals surface area contributed by atoms with Gasteiger partial charge in [-0.05, 0) is 55.3 Å². The van der Waals surface area contributed by atoms with Gasteiger partial charge in [0.25, 0.3) is 5.56 Å². The summed E-state index contributed by atoms with van der Waals surface area (Å²) in [4.78, 5) is 32.4. The molecule has 0 amide bonds. The fraction of sp³-hybridized carbons (Fsp3) is 0.156. The molecule has 0 bridgehead atoms. The second kappa shape index (κ2) is 11.2. The monoisotopic (exact) mass is 601 g/mol. The highest BCUT2D eigenvalue weighted by molar-refractivity contribution is 7.07.